The molecular formula is C25H15ClF2N6O3. The summed E-state index contributed by atoms with van der Waals surface area (Å²) in [5.41, 5.74) is 3.57. The maximum atomic E-state index is 15.0. The fraction of sp³-hybridized carbons (Fsp3) is 0.0400. The van der Waals surface area contributed by atoms with E-state index in [4.69, 9.17) is 16.1 Å². The van der Waals surface area contributed by atoms with Crippen LogP contribution in [0.2, 0.25) is 5.02 Å². The van der Waals surface area contributed by atoms with Crippen molar-refractivity contribution in [3.05, 3.63) is 105 Å². The lowest BCUT2D eigenvalue weighted by Crippen LogP contribution is -2.24. The van der Waals surface area contributed by atoms with Gasteiger partial charge in [-0.3, -0.25) is 15.0 Å². The molecule has 5 rings (SSSR count). The van der Waals surface area contributed by atoms with E-state index in [1.807, 2.05) is 5.16 Å². The molecule has 184 valence electrons. The van der Waals surface area contributed by atoms with Gasteiger partial charge < -0.3 is 9.84 Å². The van der Waals surface area contributed by atoms with Crippen LogP contribution in [0.25, 0.3) is 22.2 Å². The number of hydrogen-bond acceptors (Lipinski definition) is 6. The molecule has 1 amide bonds. The van der Waals surface area contributed by atoms with E-state index in [0.29, 0.717) is 11.0 Å². The Morgan fingerprint density at radius 3 is 2.68 bits per heavy atom. The minimum absolute atomic E-state index is 0.0282. The maximum Gasteiger partial charge on any atom is 0.308 e. The summed E-state index contributed by atoms with van der Waals surface area (Å²) in [4.78, 5) is 28.3. The highest BCUT2D eigenvalue weighted by Crippen LogP contribution is 2.30. The molecule has 0 radical (unpaired) electrons. The first-order chi connectivity index (χ1) is 17.8. The van der Waals surface area contributed by atoms with Crippen LogP contribution in [0.15, 0.2) is 70.0 Å². The number of carbonyl (C=O) groups is 1. The van der Waals surface area contributed by atoms with E-state index in [2.05, 4.69) is 15.7 Å². The van der Waals surface area contributed by atoms with E-state index in [1.54, 1.807) is 36.4 Å². The minimum atomic E-state index is -0.795. The van der Waals surface area contributed by atoms with Crippen molar-refractivity contribution in [2.75, 3.05) is 10.7 Å². The van der Waals surface area contributed by atoms with Crippen LogP contribution in [0.1, 0.15) is 21.7 Å². The van der Waals surface area contributed by atoms with Crippen LogP contribution in [0, 0.1) is 23.0 Å². The Balaban J connectivity index is 1.42. The summed E-state index contributed by atoms with van der Waals surface area (Å²) in [6.45, 7) is -0.0282. The second-order valence-corrected chi connectivity index (χ2v) is 8.30. The Bertz CT molecular complexity index is 1770. The lowest BCUT2D eigenvalue weighted by molar-refractivity contribution is 0.0973. The van der Waals surface area contributed by atoms with Crippen LogP contribution in [-0.2, 0) is 6.54 Å². The minimum Gasteiger partial charge on any atom is -0.373 e. The van der Waals surface area contributed by atoms with Crippen molar-refractivity contribution in [1.29, 1.82) is 5.26 Å². The highest BCUT2D eigenvalue weighted by molar-refractivity contribution is 6.31. The van der Waals surface area contributed by atoms with Gasteiger partial charge >= 0.3 is 5.91 Å². The molecule has 0 saturated carbocycles. The number of nitrogens with zero attached hydrogens (tertiary/aromatic N) is 3. The van der Waals surface area contributed by atoms with Gasteiger partial charge in [0.15, 0.2) is 0 Å². The van der Waals surface area contributed by atoms with E-state index in [9.17, 15) is 19.2 Å². The Morgan fingerprint density at radius 2 is 1.95 bits per heavy atom. The molecule has 0 fully saturated rings. The van der Waals surface area contributed by atoms with E-state index in [0.717, 1.165) is 12.1 Å². The Kier molecular flexibility index (Phi) is 6.17. The molecule has 0 bridgehead atoms. The number of halogens is 3. The van der Waals surface area contributed by atoms with Crippen LogP contribution >= 0.6 is 11.6 Å². The predicted molar refractivity (Wildman–Crippen MR) is 132 cm³/mol. The van der Waals surface area contributed by atoms with Crippen LogP contribution in [-0.4, -0.2) is 20.7 Å². The van der Waals surface area contributed by atoms with Gasteiger partial charge in [0.25, 0.3) is 5.56 Å². The van der Waals surface area contributed by atoms with Crippen molar-refractivity contribution >= 4 is 34.5 Å². The number of nitrogens with one attached hydrogen (secondary N) is 3. The number of carbonyl (C=O) groups excluding carboxylic acids is 1. The summed E-state index contributed by atoms with van der Waals surface area (Å²) in [6.07, 6.45) is 0. The molecule has 2 aromatic heterocycles. The van der Waals surface area contributed by atoms with E-state index < -0.39 is 23.1 Å². The number of H-pyrrole nitrogens is 1. The zero-order chi connectivity index (χ0) is 26.1. The number of benzene rings is 3. The number of aromatic amines is 1. The number of anilines is 1. The zero-order valence-electron chi connectivity index (χ0n) is 18.7. The first-order valence-corrected chi connectivity index (χ1v) is 11.1. The summed E-state index contributed by atoms with van der Waals surface area (Å²) >= 11 is 5.93. The molecule has 0 aliphatic rings. The van der Waals surface area contributed by atoms with Gasteiger partial charge in [0.05, 0.1) is 22.7 Å². The average molecular weight is 521 g/mol. The first kappa shape index (κ1) is 23.8. The van der Waals surface area contributed by atoms with Gasteiger partial charge in [-0.2, -0.15) is 10.4 Å². The number of amides is 1. The van der Waals surface area contributed by atoms with Gasteiger partial charge in [0, 0.05) is 22.7 Å². The standard InChI is InChI=1S/C25H15ClF2N6O3/c26-15-8-16(17(11-29)19(28)9-15)13-5-6-14(18(27)7-13)12-30-25-31-20-3-1-2-4-21(20)34(25)32-24(36)22-10-23(35)33-37-22/h1-10H,12H2,(H,30,31)(H,32,36)(H,33,35). The molecule has 9 nitrogen and oxygen atoms in total. The predicted octanol–water partition coefficient (Wildman–Crippen LogP) is 4.78. The molecule has 2 heterocycles. The number of para-hydroxylation sites is 2. The van der Waals surface area contributed by atoms with Crippen LogP contribution in [0.3, 0.4) is 0 Å². The molecule has 3 aromatic carbocycles. The van der Waals surface area contributed by atoms with Crippen molar-refractivity contribution in [2.45, 2.75) is 6.54 Å². The summed E-state index contributed by atoms with van der Waals surface area (Å²) < 4.78 is 35.4. The Hall–Kier alpha value is -4.95. The number of imidazole rings is 1. The van der Waals surface area contributed by atoms with Gasteiger partial charge in [-0.05, 0) is 35.9 Å². The smallest absolute Gasteiger partial charge is 0.308 e. The Labute approximate surface area is 211 Å². The van der Waals surface area contributed by atoms with Crippen molar-refractivity contribution < 1.29 is 18.1 Å². The summed E-state index contributed by atoms with van der Waals surface area (Å²) in [7, 11) is 0. The largest absolute Gasteiger partial charge is 0.373 e. The van der Waals surface area contributed by atoms with Gasteiger partial charge in [-0.15, -0.1) is 0 Å². The molecule has 0 atom stereocenters. The molecule has 3 N–H and O–H groups in total. The fourth-order valence-electron chi connectivity index (χ4n) is 3.76. The van der Waals surface area contributed by atoms with Crippen LogP contribution in [0.4, 0.5) is 14.7 Å². The normalized spacial score (nSPS) is 10.9. The summed E-state index contributed by atoms with van der Waals surface area (Å²) in [5, 5.41) is 14.4. The second-order valence-electron chi connectivity index (χ2n) is 7.86. The third kappa shape index (κ3) is 4.65. The van der Waals surface area contributed by atoms with Crippen molar-refractivity contribution in [2.24, 2.45) is 0 Å². The van der Waals surface area contributed by atoms with E-state index >= 15 is 4.39 Å². The number of rotatable bonds is 6. The summed E-state index contributed by atoms with van der Waals surface area (Å²) in [5.74, 6) is -2.16. The SMILES string of the molecule is N#Cc1c(F)cc(Cl)cc1-c1ccc(CNc2nc3ccccc3n2NC(=O)c2cc(=O)[nH]o2)c(F)c1. The number of aromatic nitrogens is 3. The van der Waals surface area contributed by atoms with Gasteiger partial charge in [-0.1, -0.05) is 35.9 Å². The molecule has 0 aliphatic carbocycles. The number of hydrogen-bond donors (Lipinski definition) is 3. The third-order valence-corrected chi connectivity index (χ3v) is 5.71. The van der Waals surface area contributed by atoms with Gasteiger partial charge in [0.2, 0.25) is 11.7 Å². The Morgan fingerprint density at radius 1 is 1.14 bits per heavy atom. The molecule has 0 spiro atoms. The molecule has 0 aliphatic heterocycles. The second kappa shape index (κ2) is 9.60. The quantitative estimate of drug-likeness (QED) is 0.295. The van der Waals surface area contributed by atoms with Crippen LogP contribution in [0.5, 0.6) is 0 Å². The molecule has 0 unspecified atom stereocenters. The first-order valence-electron chi connectivity index (χ1n) is 10.7. The van der Waals surface area contributed by atoms with Gasteiger partial charge in [-0.25, -0.2) is 18.4 Å². The third-order valence-electron chi connectivity index (χ3n) is 5.49. The lowest BCUT2D eigenvalue weighted by Gasteiger charge is -2.12. The highest BCUT2D eigenvalue weighted by atomic mass is 35.5. The molecule has 5 aromatic rings. The van der Waals surface area contributed by atoms with E-state index in [-0.39, 0.29) is 45.5 Å². The van der Waals surface area contributed by atoms with Crippen molar-refractivity contribution in [3.63, 3.8) is 0 Å². The van der Waals surface area contributed by atoms with Crippen molar-refractivity contribution in [1.82, 2.24) is 14.8 Å². The lowest BCUT2D eigenvalue weighted by atomic mass is 9.98. The molecule has 0 saturated heterocycles. The van der Waals surface area contributed by atoms with Crippen LogP contribution < -0.4 is 16.3 Å². The average Bonchev–Trinajstić information content (AvgIpc) is 3.46. The topological polar surface area (TPSA) is 129 Å². The highest BCUT2D eigenvalue weighted by Gasteiger charge is 2.18. The number of fused-ring (bicyclic) bond motifs is 1. The number of nitriles is 1. The molecule has 37 heavy (non-hydrogen) atoms. The maximum absolute atomic E-state index is 15.0. The molecular weight excluding hydrogens is 506 g/mol. The van der Waals surface area contributed by atoms with Gasteiger partial charge in [0.1, 0.15) is 17.7 Å². The van der Waals surface area contributed by atoms with Crippen molar-refractivity contribution in [3.8, 4) is 17.2 Å². The fourth-order valence-corrected chi connectivity index (χ4v) is 3.96. The summed E-state index contributed by atoms with van der Waals surface area (Å²) in [6, 6.07) is 16.4. The zero-order valence-corrected chi connectivity index (χ0v) is 19.4. The monoisotopic (exact) mass is 520 g/mol. The van der Waals surface area contributed by atoms with E-state index in [1.165, 1.54) is 22.9 Å². The molecule has 12 heteroatoms.